The maximum atomic E-state index is 3.38. The number of aromatic nitrogens is 1. The van der Waals surface area contributed by atoms with Crippen LogP contribution in [0.5, 0.6) is 0 Å². The largest absolute Gasteiger partial charge is 0.350 e. The minimum absolute atomic E-state index is 0.997. The first-order chi connectivity index (χ1) is 8.66. The highest BCUT2D eigenvalue weighted by Gasteiger charge is 2.14. The van der Waals surface area contributed by atoms with Gasteiger partial charge in [-0.3, -0.25) is 0 Å². The van der Waals surface area contributed by atoms with Crippen LogP contribution in [0.3, 0.4) is 0 Å². The number of nitrogens with zero attached hydrogens (tertiary/aromatic N) is 1. The van der Waals surface area contributed by atoms with Crippen LogP contribution in [-0.2, 0) is 7.05 Å². The van der Waals surface area contributed by atoms with E-state index in [2.05, 4.69) is 55.2 Å². The van der Waals surface area contributed by atoms with E-state index in [1.165, 1.54) is 33.2 Å². The molecule has 0 amide bonds. The molecule has 1 aromatic carbocycles. The normalized spacial score (nSPS) is 16.1. The van der Waals surface area contributed by atoms with Crippen LogP contribution in [0.2, 0.25) is 0 Å². The molecule has 0 saturated heterocycles. The van der Waals surface area contributed by atoms with Gasteiger partial charge in [0.05, 0.1) is 0 Å². The van der Waals surface area contributed by atoms with Gasteiger partial charge in [0.15, 0.2) is 0 Å². The minimum atomic E-state index is 0.997. The van der Waals surface area contributed by atoms with Gasteiger partial charge < -0.3 is 9.88 Å². The Morgan fingerprint density at radius 1 is 1.22 bits per heavy atom. The molecule has 2 nitrogen and oxygen atoms in total. The van der Waals surface area contributed by atoms with E-state index >= 15 is 0 Å². The molecule has 3 rings (SSSR count). The maximum Gasteiger partial charge on any atom is 0.0489 e. The van der Waals surface area contributed by atoms with Gasteiger partial charge in [-0.1, -0.05) is 12.1 Å². The number of nitrogens with one attached hydrogen (secondary N) is 1. The molecule has 0 spiro atoms. The number of rotatable bonds is 1. The van der Waals surface area contributed by atoms with Crippen LogP contribution in [0, 0.1) is 13.8 Å². The molecule has 1 N–H and O–H groups in total. The molecule has 2 heterocycles. The summed E-state index contributed by atoms with van der Waals surface area (Å²) >= 11 is 0. The van der Waals surface area contributed by atoms with Gasteiger partial charge >= 0.3 is 0 Å². The fraction of sp³-hybridized carbons (Fsp3) is 0.375. The first-order valence-corrected chi connectivity index (χ1v) is 6.63. The molecule has 94 valence electrons. The lowest BCUT2D eigenvalue weighted by Gasteiger charge is -2.14. The predicted molar refractivity (Wildman–Crippen MR) is 77.9 cm³/mol. The van der Waals surface area contributed by atoms with Crippen molar-refractivity contribution in [3.63, 3.8) is 0 Å². The van der Waals surface area contributed by atoms with Crippen molar-refractivity contribution in [3.8, 4) is 0 Å². The second kappa shape index (κ2) is 4.29. The van der Waals surface area contributed by atoms with Gasteiger partial charge in [0.25, 0.3) is 0 Å². The van der Waals surface area contributed by atoms with Crippen LogP contribution in [0.25, 0.3) is 16.5 Å². The van der Waals surface area contributed by atoms with E-state index in [1.54, 1.807) is 0 Å². The SMILES string of the molecule is Cc1cc(C)c2c(C3=CCNCC3)cn(C)c2c1. The Kier molecular flexibility index (Phi) is 2.75. The van der Waals surface area contributed by atoms with Crippen LogP contribution in [0.4, 0.5) is 0 Å². The molecule has 1 aliphatic rings. The van der Waals surface area contributed by atoms with Crippen LogP contribution in [0.15, 0.2) is 24.4 Å². The molecule has 0 radical (unpaired) electrons. The van der Waals surface area contributed by atoms with Crippen LogP contribution >= 0.6 is 0 Å². The number of fused-ring (bicyclic) bond motifs is 1. The smallest absolute Gasteiger partial charge is 0.0489 e. The summed E-state index contributed by atoms with van der Waals surface area (Å²) in [6.45, 7) is 6.48. The molecule has 0 saturated carbocycles. The number of benzene rings is 1. The predicted octanol–water partition coefficient (Wildman–Crippen LogP) is 3.17. The highest BCUT2D eigenvalue weighted by molar-refractivity contribution is 5.96. The van der Waals surface area contributed by atoms with E-state index in [0.29, 0.717) is 0 Å². The Labute approximate surface area is 108 Å². The van der Waals surface area contributed by atoms with E-state index in [-0.39, 0.29) is 0 Å². The molecule has 0 aliphatic carbocycles. The third-order valence-corrected chi connectivity index (χ3v) is 3.84. The summed E-state index contributed by atoms with van der Waals surface area (Å²) in [5, 5.41) is 4.81. The first-order valence-electron chi connectivity index (χ1n) is 6.63. The lowest BCUT2D eigenvalue weighted by atomic mass is 9.96. The van der Waals surface area contributed by atoms with Crippen LogP contribution in [-0.4, -0.2) is 17.7 Å². The Balaban J connectivity index is 2.27. The van der Waals surface area contributed by atoms with Crippen molar-refractivity contribution < 1.29 is 0 Å². The first kappa shape index (κ1) is 11.5. The van der Waals surface area contributed by atoms with Crippen molar-refractivity contribution in [1.29, 1.82) is 0 Å². The van der Waals surface area contributed by atoms with E-state index in [4.69, 9.17) is 0 Å². The van der Waals surface area contributed by atoms with Crippen molar-refractivity contribution in [1.82, 2.24) is 9.88 Å². The summed E-state index contributed by atoms with van der Waals surface area (Å²) in [5.41, 5.74) is 6.99. The molecule has 1 aliphatic heterocycles. The van der Waals surface area contributed by atoms with E-state index in [1.807, 2.05) is 0 Å². The van der Waals surface area contributed by atoms with Gasteiger partial charge in [-0.15, -0.1) is 0 Å². The molecule has 2 heteroatoms. The summed E-state index contributed by atoms with van der Waals surface area (Å²) in [5.74, 6) is 0. The third kappa shape index (κ3) is 1.77. The molecular formula is C16H20N2. The fourth-order valence-corrected chi connectivity index (χ4v) is 3.01. The summed E-state index contributed by atoms with van der Waals surface area (Å²) < 4.78 is 2.26. The number of hydrogen-bond acceptors (Lipinski definition) is 1. The lowest BCUT2D eigenvalue weighted by molar-refractivity contribution is 0.738. The van der Waals surface area contributed by atoms with Gasteiger partial charge in [0.1, 0.15) is 0 Å². The van der Waals surface area contributed by atoms with Gasteiger partial charge in [-0.25, -0.2) is 0 Å². The van der Waals surface area contributed by atoms with Gasteiger partial charge in [-0.05, 0) is 49.6 Å². The zero-order chi connectivity index (χ0) is 12.7. The topological polar surface area (TPSA) is 17.0 Å². The zero-order valence-electron chi connectivity index (χ0n) is 11.4. The maximum absolute atomic E-state index is 3.38. The Hall–Kier alpha value is -1.54. The van der Waals surface area contributed by atoms with Crippen molar-refractivity contribution in [2.75, 3.05) is 13.1 Å². The second-order valence-electron chi connectivity index (χ2n) is 5.31. The standard InChI is InChI=1S/C16H20N2/c1-11-8-12(2)16-14(10-18(3)15(16)9-11)13-4-6-17-7-5-13/h4,8-10,17H,5-7H2,1-3H3. The molecule has 0 bridgehead atoms. The number of hydrogen-bond donors (Lipinski definition) is 1. The highest BCUT2D eigenvalue weighted by atomic mass is 14.9. The molecule has 18 heavy (non-hydrogen) atoms. The summed E-state index contributed by atoms with van der Waals surface area (Å²) in [6.07, 6.45) is 5.75. The van der Waals surface area contributed by atoms with Crippen molar-refractivity contribution in [2.24, 2.45) is 7.05 Å². The highest BCUT2D eigenvalue weighted by Crippen LogP contribution is 2.32. The fourth-order valence-electron chi connectivity index (χ4n) is 3.01. The molecule has 2 aromatic rings. The van der Waals surface area contributed by atoms with Crippen molar-refractivity contribution >= 4 is 16.5 Å². The van der Waals surface area contributed by atoms with Crippen molar-refractivity contribution in [3.05, 3.63) is 41.1 Å². The van der Waals surface area contributed by atoms with Gasteiger partial charge in [0, 0.05) is 36.3 Å². The van der Waals surface area contributed by atoms with Gasteiger partial charge in [0.2, 0.25) is 0 Å². The summed E-state index contributed by atoms with van der Waals surface area (Å²) in [6, 6.07) is 4.57. The van der Waals surface area contributed by atoms with E-state index in [0.717, 1.165) is 19.5 Å². The van der Waals surface area contributed by atoms with Crippen molar-refractivity contribution in [2.45, 2.75) is 20.3 Å². The average molecular weight is 240 g/mol. The Morgan fingerprint density at radius 3 is 2.78 bits per heavy atom. The summed E-state index contributed by atoms with van der Waals surface area (Å²) in [4.78, 5) is 0. The van der Waals surface area contributed by atoms with E-state index in [9.17, 15) is 0 Å². The summed E-state index contributed by atoms with van der Waals surface area (Å²) in [7, 11) is 2.15. The number of aryl methyl sites for hydroxylation is 3. The monoisotopic (exact) mass is 240 g/mol. The van der Waals surface area contributed by atoms with Crippen LogP contribution < -0.4 is 5.32 Å². The molecule has 0 fully saturated rings. The molecule has 1 aromatic heterocycles. The average Bonchev–Trinajstić information content (AvgIpc) is 2.68. The lowest BCUT2D eigenvalue weighted by Crippen LogP contribution is -2.19. The molecule has 0 atom stereocenters. The Bertz CT molecular complexity index is 632. The zero-order valence-corrected chi connectivity index (χ0v) is 11.4. The third-order valence-electron chi connectivity index (χ3n) is 3.84. The quantitative estimate of drug-likeness (QED) is 0.810. The van der Waals surface area contributed by atoms with Gasteiger partial charge in [-0.2, -0.15) is 0 Å². The van der Waals surface area contributed by atoms with Crippen LogP contribution in [0.1, 0.15) is 23.1 Å². The van der Waals surface area contributed by atoms with E-state index < -0.39 is 0 Å². The second-order valence-corrected chi connectivity index (χ2v) is 5.31. The minimum Gasteiger partial charge on any atom is -0.350 e. The molecular weight excluding hydrogens is 220 g/mol. The Morgan fingerprint density at radius 2 is 2.06 bits per heavy atom. The molecule has 0 unspecified atom stereocenters.